The molecule has 0 radical (unpaired) electrons. The second-order valence-corrected chi connectivity index (χ2v) is 6.23. The quantitative estimate of drug-likeness (QED) is 0.569. The number of rotatable bonds is 11. The maximum atomic E-state index is 12.6. The van der Waals surface area contributed by atoms with Gasteiger partial charge in [-0.1, -0.05) is 30.3 Å². The van der Waals surface area contributed by atoms with Crippen molar-refractivity contribution in [2.75, 3.05) is 26.9 Å². The van der Waals surface area contributed by atoms with Crippen LogP contribution in [0.4, 0.5) is 0 Å². The molecule has 1 aromatic carbocycles. The van der Waals surface area contributed by atoms with Gasteiger partial charge in [-0.2, -0.15) is 0 Å². The first-order valence-electron chi connectivity index (χ1n) is 9.24. The SMILES string of the molecule is CCOC(=O)CCC(=O)N(CCOC)Cc1cccn1Cc1ccccc1. The van der Waals surface area contributed by atoms with Gasteiger partial charge in [0.1, 0.15) is 0 Å². The highest BCUT2D eigenvalue weighted by molar-refractivity contribution is 5.81. The van der Waals surface area contributed by atoms with Gasteiger partial charge in [-0.05, 0) is 24.6 Å². The minimum absolute atomic E-state index is 0.0763. The van der Waals surface area contributed by atoms with Crippen molar-refractivity contribution in [3.8, 4) is 0 Å². The Morgan fingerprint density at radius 1 is 1.07 bits per heavy atom. The first kappa shape index (κ1) is 20.7. The third-order valence-corrected chi connectivity index (χ3v) is 4.24. The zero-order valence-corrected chi connectivity index (χ0v) is 16.1. The second kappa shape index (κ2) is 11.2. The average molecular weight is 372 g/mol. The van der Waals surface area contributed by atoms with Crippen LogP contribution in [-0.4, -0.2) is 48.2 Å². The number of esters is 1. The minimum Gasteiger partial charge on any atom is -0.466 e. The van der Waals surface area contributed by atoms with Crippen LogP contribution in [0.15, 0.2) is 48.7 Å². The molecule has 0 aliphatic heterocycles. The highest BCUT2D eigenvalue weighted by Gasteiger charge is 2.17. The van der Waals surface area contributed by atoms with E-state index in [1.165, 1.54) is 5.56 Å². The van der Waals surface area contributed by atoms with Gasteiger partial charge in [-0.3, -0.25) is 9.59 Å². The first-order chi connectivity index (χ1) is 13.1. The van der Waals surface area contributed by atoms with E-state index in [4.69, 9.17) is 9.47 Å². The van der Waals surface area contributed by atoms with Crippen LogP contribution in [0.25, 0.3) is 0 Å². The van der Waals surface area contributed by atoms with Crippen molar-refractivity contribution in [1.82, 2.24) is 9.47 Å². The third kappa shape index (κ3) is 6.90. The van der Waals surface area contributed by atoms with E-state index in [0.29, 0.717) is 26.3 Å². The van der Waals surface area contributed by atoms with E-state index in [1.807, 2.05) is 36.5 Å². The van der Waals surface area contributed by atoms with E-state index in [1.54, 1.807) is 18.9 Å². The summed E-state index contributed by atoms with van der Waals surface area (Å²) in [5.74, 6) is -0.419. The Labute approximate surface area is 160 Å². The van der Waals surface area contributed by atoms with Gasteiger partial charge in [0.05, 0.1) is 26.2 Å². The van der Waals surface area contributed by atoms with E-state index in [0.717, 1.165) is 12.2 Å². The minimum atomic E-state index is -0.343. The molecule has 146 valence electrons. The molecule has 0 bridgehead atoms. The van der Waals surface area contributed by atoms with Gasteiger partial charge in [0.25, 0.3) is 0 Å². The number of hydrogen-bond acceptors (Lipinski definition) is 4. The summed E-state index contributed by atoms with van der Waals surface area (Å²) in [6, 6.07) is 14.2. The van der Waals surface area contributed by atoms with Crippen LogP contribution in [0, 0.1) is 0 Å². The lowest BCUT2D eigenvalue weighted by Crippen LogP contribution is -2.34. The summed E-state index contributed by atoms with van der Waals surface area (Å²) in [6.45, 7) is 4.24. The lowest BCUT2D eigenvalue weighted by atomic mass is 10.2. The molecule has 2 aromatic rings. The molecule has 0 saturated carbocycles. The van der Waals surface area contributed by atoms with Crippen molar-refractivity contribution >= 4 is 11.9 Å². The van der Waals surface area contributed by atoms with Crippen molar-refractivity contribution < 1.29 is 19.1 Å². The maximum absolute atomic E-state index is 12.6. The Bertz CT molecular complexity index is 712. The molecule has 0 aliphatic carbocycles. The Morgan fingerprint density at radius 3 is 2.56 bits per heavy atom. The number of carbonyl (C=O) groups is 2. The Hall–Kier alpha value is -2.60. The van der Waals surface area contributed by atoms with E-state index in [-0.39, 0.29) is 24.7 Å². The molecule has 1 amide bonds. The lowest BCUT2D eigenvalue weighted by Gasteiger charge is -2.23. The van der Waals surface area contributed by atoms with Crippen LogP contribution in [0.5, 0.6) is 0 Å². The van der Waals surface area contributed by atoms with Crippen LogP contribution in [-0.2, 0) is 32.2 Å². The number of methoxy groups -OCH3 is 1. The number of ether oxygens (including phenoxy) is 2. The standard InChI is InChI=1S/C21H28N2O4/c1-3-27-21(25)12-11-20(24)23(14-15-26-2)17-19-10-7-13-22(19)16-18-8-5-4-6-9-18/h4-10,13H,3,11-12,14-17H2,1-2H3. The van der Waals surface area contributed by atoms with Gasteiger partial charge in [0, 0.05) is 38.5 Å². The first-order valence-corrected chi connectivity index (χ1v) is 9.24. The molecule has 2 rings (SSSR count). The summed E-state index contributed by atoms with van der Waals surface area (Å²) in [5.41, 5.74) is 2.24. The topological polar surface area (TPSA) is 60.8 Å². The fraction of sp³-hybridized carbons (Fsp3) is 0.429. The second-order valence-electron chi connectivity index (χ2n) is 6.23. The summed E-state index contributed by atoms with van der Waals surface area (Å²) in [7, 11) is 1.61. The fourth-order valence-electron chi connectivity index (χ4n) is 2.82. The number of amides is 1. The maximum Gasteiger partial charge on any atom is 0.306 e. The highest BCUT2D eigenvalue weighted by Crippen LogP contribution is 2.12. The molecule has 1 heterocycles. The van der Waals surface area contributed by atoms with Crippen LogP contribution in [0.1, 0.15) is 31.0 Å². The summed E-state index contributed by atoms with van der Waals surface area (Å²) >= 11 is 0. The Kier molecular flexibility index (Phi) is 8.58. The fourth-order valence-corrected chi connectivity index (χ4v) is 2.82. The molecule has 0 unspecified atom stereocenters. The zero-order chi connectivity index (χ0) is 19.5. The number of benzene rings is 1. The third-order valence-electron chi connectivity index (χ3n) is 4.24. The number of carbonyl (C=O) groups excluding carboxylic acids is 2. The van der Waals surface area contributed by atoms with E-state index in [9.17, 15) is 9.59 Å². The molecule has 6 heteroatoms. The molecule has 1 aromatic heterocycles. The van der Waals surface area contributed by atoms with Crippen molar-refractivity contribution in [2.24, 2.45) is 0 Å². The largest absolute Gasteiger partial charge is 0.466 e. The van der Waals surface area contributed by atoms with Crippen LogP contribution in [0.3, 0.4) is 0 Å². The van der Waals surface area contributed by atoms with Crippen LogP contribution < -0.4 is 0 Å². The van der Waals surface area contributed by atoms with Gasteiger partial charge in [-0.25, -0.2) is 0 Å². The predicted octanol–water partition coefficient (Wildman–Crippen LogP) is 2.85. The van der Waals surface area contributed by atoms with Gasteiger partial charge in [0.15, 0.2) is 0 Å². The normalized spacial score (nSPS) is 10.6. The molecule has 0 atom stereocenters. The Balaban J connectivity index is 2.02. The summed E-state index contributed by atoms with van der Waals surface area (Å²) in [4.78, 5) is 25.9. The van der Waals surface area contributed by atoms with Gasteiger partial charge in [0.2, 0.25) is 5.91 Å². The summed E-state index contributed by atoms with van der Waals surface area (Å²) in [6.07, 6.45) is 2.25. The van der Waals surface area contributed by atoms with Gasteiger partial charge in [-0.15, -0.1) is 0 Å². The molecule has 0 saturated heterocycles. The molecule has 0 spiro atoms. The van der Waals surface area contributed by atoms with Crippen molar-refractivity contribution in [1.29, 1.82) is 0 Å². The molecule has 0 fully saturated rings. The molecule has 0 aliphatic rings. The van der Waals surface area contributed by atoms with E-state index in [2.05, 4.69) is 16.7 Å². The van der Waals surface area contributed by atoms with Crippen LogP contribution in [0.2, 0.25) is 0 Å². The molecule has 6 nitrogen and oxygen atoms in total. The van der Waals surface area contributed by atoms with Crippen molar-refractivity contribution in [3.63, 3.8) is 0 Å². The van der Waals surface area contributed by atoms with Crippen LogP contribution >= 0.6 is 0 Å². The zero-order valence-electron chi connectivity index (χ0n) is 16.1. The lowest BCUT2D eigenvalue weighted by molar-refractivity contribution is -0.146. The summed E-state index contributed by atoms with van der Waals surface area (Å²) in [5, 5.41) is 0. The average Bonchev–Trinajstić information content (AvgIpc) is 3.11. The number of nitrogens with zero attached hydrogens (tertiary/aromatic N) is 2. The molecule has 0 N–H and O–H groups in total. The smallest absolute Gasteiger partial charge is 0.306 e. The predicted molar refractivity (Wildman–Crippen MR) is 103 cm³/mol. The van der Waals surface area contributed by atoms with E-state index < -0.39 is 0 Å². The number of hydrogen-bond donors (Lipinski definition) is 0. The summed E-state index contributed by atoms with van der Waals surface area (Å²) < 4.78 is 12.2. The van der Waals surface area contributed by atoms with Gasteiger partial charge < -0.3 is 18.9 Å². The Morgan fingerprint density at radius 2 is 1.85 bits per heavy atom. The van der Waals surface area contributed by atoms with Gasteiger partial charge >= 0.3 is 5.97 Å². The molecule has 27 heavy (non-hydrogen) atoms. The molecular formula is C21H28N2O4. The van der Waals surface area contributed by atoms with Crippen molar-refractivity contribution in [3.05, 3.63) is 59.9 Å². The molecular weight excluding hydrogens is 344 g/mol. The number of aromatic nitrogens is 1. The van der Waals surface area contributed by atoms with Crippen molar-refractivity contribution in [2.45, 2.75) is 32.9 Å². The highest BCUT2D eigenvalue weighted by atomic mass is 16.5. The monoisotopic (exact) mass is 372 g/mol. The van der Waals surface area contributed by atoms with E-state index >= 15 is 0 Å².